The van der Waals surface area contributed by atoms with Crippen molar-refractivity contribution in [2.24, 2.45) is 5.92 Å². The Morgan fingerprint density at radius 1 is 1.10 bits per heavy atom. The number of rotatable bonds is 6. The molecular formula is C23H24BrN3O4. The summed E-state index contributed by atoms with van der Waals surface area (Å²) >= 11 is 3.41. The van der Waals surface area contributed by atoms with Crippen LogP contribution in [-0.2, 0) is 14.4 Å². The molecule has 2 fully saturated rings. The average molecular weight is 486 g/mol. The van der Waals surface area contributed by atoms with Gasteiger partial charge in [-0.15, -0.1) is 0 Å². The number of nitrogens with one attached hydrogen (secondary N) is 1. The molecule has 2 aliphatic heterocycles. The SMILES string of the molecule is O=C(Nc1cccc(OCC(=O)N2CCCC2)c1)C1CC(=O)N(c2cccc(Br)c2)C1. The van der Waals surface area contributed by atoms with Crippen molar-refractivity contribution in [2.45, 2.75) is 19.3 Å². The van der Waals surface area contributed by atoms with Crippen molar-refractivity contribution < 1.29 is 19.1 Å². The summed E-state index contributed by atoms with van der Waals surface area (Å²) in [5.74, 6) is -0.229. The van der Waals surface area contributed by atoms with E-state index >= 15 is 0 Å². The van der Waals surface area contributed by atoms with E-state index < -0.39 is 5.92 Å². The summed E-state index contributed by atoms with van der Waals surface area (Å²) in [6.07, 6.45) is 2.24. The molecule has 3 amide bonds. The van der Waals surface area contributed by atoms with Gasteiger partial charge in [-0.1, -0.05) is 28.1 Å². The molecule has 31 heavy (non-hydrogen) atoms. The fourth-order valence-corrected chi connectivity index (χ4v) is 4.27. The number of anilines is 2. The molecule has 2 heterocycles. The molecule has 2 saturated heterocycles. The summed E-state index contributed by atoms with van der Waals surface area (Å²) in [6, 6.07) is 14.4. The standard InChI is InChI=1S/C23H24BrN3O4/c24-17-5-3-7-19(12-17)27-14-16(11-21(27)28)23(30)25-18-6-4-8-20(13-18)31-15-22(29)26-9-1-2-10-26/h3-8,12-13,16H,1-2,9-11,14-15H2,(H,25,30). The monoisotopic (exact) mass is 485 g/mol. The first-order valence-corrected chi connectivity index (χ1v) is 11.2. The number of carbonyl (C=O) groups is 3. The van der Waals surface area contributed by atoms with Gasteiger partial charge >= 0.3 is 0 Å². The summed E-state index contributed by atoms with van der Waals surface area (Å²) in [6.45, 7) is 1.89. The van der Waals surface area contributed by atoms with Gasteiger partial charge in [0.2, 0.25) is 11.8 Å². The lowest BCUT2D eigenvalue weighted by molar-refractivity contribution is -0.132. The Kier molecular flexibility index (Phi) is 6.56. The van der Waals surface area contributed by atoms with E-state index in [0.29, 0.717) is 18.0 Å². The van der Waals surface area contributed by atoms with Gasteiger partial charge in [-0.3, -0.25) is 14.4 Å². The number of amides is 3. The van der Waals surface area contributed by atoms with Gasteiger partial charge in [-0.2, -0.15) is 0 Å². The Morgan fingerprint density at radius 3 is 2.65 bits per heavy atom. The predicted octanol–water partition coefficient (Wildman–Crippen LogP) is 3.44. The fourth-order valence-electron chi connectivity index (χ4n) is 3.89. The third-order valence-corrected chi connectivity index (χ3v) is 6.03. The van der Waals surface area contributed by atoms with Crippen molar-refractivity contribution in [2.75, 3.05) is 36.5 Å². The molecule has 2 aromatic carbocycles. The minimum atomic E-state index is -0.437. The molecule has 0 spiro atoms. The van der Waals surface area contributed by atoms with Crippen LogP contribution in [0, 0.1) is 5.92 Å². The number of hydrogen-bond donors (Lipinski definition) is 1. The molecule has 1 N–H and O–H groups in total. The molecule has 1 unspecified atom stereocenters. The number of likely N-dealkylation sites (tertiary alicyclic amines) is 1. The van der Waals surface area contributed by atoms with Gasteiger partial charge in [0.25, 0.3) is 5.91 Å². The Balaban J connectivity index is 1.34. The van der Waals surface area contributed by atoms with E-state index in [2.05, 4.69) is 21.2 Å². The van der Waals surface area contributed by atoms with Crippen LogP contribution in [-0.4, -0.2) is 48.9 Å². The van der Waals surface area contributed by atoms with Crippen molar-refractivity contribution in [3.63, 3.8) is 0 Å². The van der Waals surface area contributed by atoms with Crippen LogP contribution in [0.4, 0.5) is 11.4 Å². The molecule has 0 radical (unpaired) electrons. The van der Waals surface area contributed by atoms with Crippen molar-refractivity contribution >= 4 is 45.0 Å². The molecule has 0 saturated carbocycles. The number of ether oxygens (including phenoxy) is 1. The maximum atomic E-state index is 12.8. The van der Waals surface area contributed by atoms with Crippen LogP contribution in [0.15, 0.2) is 53.0 Å². The van der Waals surface area contributed by atoms with Gasteiger partial charge in [-0.05, 0) is 43.2 Å². The minimum absolute atomic E-state index is 0.0177. The lowest BCUT2D eigenvalue weighted by Crippen LogP contribution is -2.32. The van der Waals surface area contributed by atoms with Crippen LogP contribution in [0.3, 0.4) is 0 Å². The molecule has 162 valence electrons. The number of hydrogen-bond acceptors (Lipinski definition) is 4. The molecule has 0 aromatic heterocycles. The summed E-state index contributed by atoms with van der Waals surface area (Å²) in [5, 5.41) is 2.87. The highest BCUT2D eigenvalue weighted by Gasteiger charge is 2.35. The third-order valence-electron chi connectivity index (χ3n) is 5.54. The highest BCUT2D eigenvalue weighted by molar-refractivity contribution is 9.10. The van der Waals surface area contributed by atoms with Gasteiger partial charge in [0.15, 0.2) is 6.61 Å². The highest BCUT2D eigenvalue weighted by Crippen LogP contribution is 2.28. The summed E-state index contributed by atoms with van der Waals surface area (Å²) in [7, 11) is 0. The quantitative estimate of drug-likeness (QED) is 0.679. The lowest BCUT2D eigenvalue weighted by atomic mass is 10.1. The van der Waals surface area contributed by atoms with Crippen LogP contribution in [0.2, 0.25) is 0 Å². The van der Waals surface area contributed by atoms with Gasteiger partial charge < -0.3 is 19.9 Å². The Bertz CT molecular complexity index is 990. The zero-order valence-electron chi connectivity index (χ0n) is 17.1. The van der Waals surface area contributed by atoms with Crippen molar-refractivity contribution in [3.05, 3.63) is 53.0 Å². The number of carbonyl (C=O) groups excluding carboxylic acids is 3. The Morgan fingerprint density at radius 2 is 1.87 bits per heavy atom. The number of nitrogens with zero attached hydrogens (tertiary/aromatic N) is 2. The summed E-state index contributed by atoms with van der Waals surface area (Å²) in [5.41, 5.74) is 1.34. The van der Waals surface area contributed by atoms with E-state index in [1.165, 1.54) is 0 Å². The molecular weight excluding hydrogens is 462 g/mol. The number of halogens is 1. The van der Waals surface area contributed by atoms with Crippen molar-refractivity contribution in [1.29, 1.82) is 0 Å². The molecule has 2 aliphatic rings. The van der Waals surface area contributed by atoms with Gasteiger partial charge in [0.1, 0.15) is 5.75 Å². The Hall–Kier alpha value is -2.87. The Labute approximate surface area is 189 Å². The van der Waals surface area contributed by atoms with Crippen molar-refractivity contribution in [3.8, 4) is 5.75 Å². The second-order valence-electron chi connectivity index (χ2n) is 7.78. The second kappa shape index (κ2) is 9.51. The molecule has 8 heteroatoms. The second-order valence-corrected chi connectivity index (χ2v) is 8.69. The lowest BCUT2D eigenvalue weighted by Gasteiger charge is -2.17. The number of benzene rings is 2. The maximum Gasteiger partial charge on any atom is 0.260 e. The normalized spacial score (nSPS) is 18.4. The first-order chi connectivity index (χ1) is 15.0. The third kappa shape index (κ3) is 5.25. The van der Waals surface area contributed by atoms with Crippen LogP contribution < -0.4 is 15.0 Å². The van der Waals surface area contributed by atoms with Crippen LogP contribution in [0.5, 0.6) is 5.75 Å². The fraction of sp³-hybridized carbons (Fsp3) is 0.348. The zero-order chi connectivity index (χ0) is 21.8. The van der Waals surface area contributed by atoms with Crippen LogP contribution in [0.1, 0.15) is 19.3 Å². The smallest absolute Gasteiger partial charge is 0.260 e. The summed E-state index contributed by atoms with van der Waals surface area (Å²) < 4.78 is 6.50. The first kappa shape index (κ1) is 21.4. The molecule has 7 nitrogen and oxygen atoms in total. The van der Waals surface area contributed by atoms with E-state index in [1.54, 1.807) is 34.1 Å². The van der Waals surface area contributed by atoms with E-state index in [0.717, 1.165) is 36.1 Å². The van der Waals surface area contributed by atoms with Crippen molar-refractivity contribution in [1.82, 2.24) is 4.90 Å². The average Bonchev–Trinajstić information content (AvgIpc) is 3.42. The molecule has 4 rings (SSSR count). The van der Waals surface area contributed by atoms with Gasteiger partial charge in [0, 0.05) is 48.0 Å². The molecule has 0 bridgehead atoms. The summed E-state index contributed by atoms with van der Waals surface area (Å²) in [4.78, 5) is 40.8. The first-order valence-electron chi connectivity index (χ1n) is 10.4. The minimum Gasteiger partial charge on any atom is -0.484 e. The van der Waals surface area contributed by atoms with E-state index in [4.69, 9.17) is 4.74 Å². The largest absolute Gasteiger partial charge is 0.484 e. The molecule has 1 atom stereocenters. The predicted molar refractivity (Wildman–Crippen MR) is 121 cm³/mol. The van der Waals surface area contributed by atoms with Crippen LogP contribution >= 0.6 is 15.9 Å². The van der Waals surface area contributed by atoms with Gasteiger partial charge in [-0.25, -0.2) is 0 Å². The van der Waals surface area contributed by atoms with Gasteiger partial charge in [0.05, 0.1) is 5.92 Å². The van der Waals surface area contributed by atoms with E-state index in [-0.39, 0.29) is 30.7 Å². The molecule has 2 aromatic rings. The van der Waals surface area contributed by atoms with E-state index in [9.17, 15) is 14.4 Å². The maximum absolute atomic E-state index is 12.8. The highest BCUT2D eigenvalue weighted by atomic mass is 79.9. The molecule has 0 aliphatic carbocycles. The topological polar surface area (TPSA) is 79.0 Å². The van der Waals surface area contributed by atoms with E-state index in [1.807, 2.05) is 24.3 Å². The zero-order valence-corrected chi connectivity index (χ0v) is 18.6. The van der Waals surface area contributed by atoms with Crippen LogP contribution in [0.25, 0.3) is 0 Å².